The summed E-state index contributed by atoms with van der Waals surface area (Å²) in [6.45, 7) is 12.0. The molecule has 2 N–H and O–H groups in total. The summed E-state index contributed by atoms with van der Waals surface area (Å²) in [5, 5.41) is 12.6. The Labute approximate surface area is 242 Å². The number of alkyl halides is 3. The largest absolute Gasteiger partial charge is 0.417 e. The molecule has 2 heterocycles. The number of anilines is 1. The van der Waals surface area contributed by atoms with E-state index in [0.29, 0.717) is 12.5 Å². The summed E-state index contributed by atoms with van der Waals surface area (Å²) in [6.07, 6.45) is 0.543. The normalized spacial score (nSPS) is 27.9. The number of rotatable bonds is 10. The van der Waals surface area contributed by atoms with Crippen LogP contribution in [0.2, 0.25) is 0 Å². The standard InChI is InChI=1S/C30H48F3N5O3/c1-28(2,3)27-35-24(10-16-41-4)18-25(36-27)38-14-12-37(13-15-38)11-9-21-5-7-23(8-6-21)34-26(39)17-22-19-29(40,20-22)30(31,32)33/h18,21-23,40H,5-17,19-20H2,1-4H3,(H,34,39). The van der Waals surface area contributed by atoms with E-state index < -0.39 is 17.7 Å². The Kier molecular flexibility index (Phi) is 10.2. The number of halogens is 3. The van der Waals surface area contributed by atoms with Gasteiger partial charge >= 0.3 is 6.18 Å². The Balaban J connectivity index is 1.14. The second-order valence-electron chi connectivity index (χ2n) is 13.4. The van der Waals surface area contributed by atoms with Crippen molar-refractivity contribution in [2.75, 3.05) is 51.3 Å². The molecule has 1 saturated heterocycles. The van der Waals surface area contributed by atoms with Gasteiger partial charge in [0.15, 0.2) is 5.60 Å². The highest BCUT2D eigenvalue weighted by Gasteiger charge is 2.61. The lowest BCUT2D eigenvalue weighted by atomic mass is 9.69. The first-order valence-electron chi connectivity index (χ1n) is 15.2. The molecule has 0 unspecified atom stereocenters. The fraction of sp³-hybridized carbons (Fsp3) is 0.833. The molecule has 232 valence electrons. The van der Waals surface area contributed by atoms with Gasteiger partial charge in [-0.15, -0.1) is 0 Å². The molecule has 0 aromatic carbocycles. The van der Waals surface area contributed by atoms with Crippen LogP contribution < -0.4 is 10.2 Å². The van der Waals surface area contributed by atoms with Crippen molar-refractivity contribution in [1.82, 2.24) is 20.2 Å². The summed E-state index contributed by atoms with van der Waals surface area (Å²) in [6, 6.07) is 2.21. The van der Waals surface area contributed by atoms with Gasteiger partial charge in [-0.3, -0.25) is 9.69 Å². The summed E-state index contributed by atoms with van der Waals surface area (Å²) in [5.41, 5.74) is -1.71. The third-order valence-electron chi connectivity index (χ3n) is 9.02. The van der Waals surface area contributed by atoms with Crippen LogP contribution in [0.5, 0.6) is 0 Å². The van der Waals surface area contributed by atoms with Gasteiger partial charge in [-0.05, 0) is 63.3 Å². The first-order valence-corrected chi connectivity index (χ1v) is 15.2. The molecule has 0 bridgehead atoms. The van der Waals surface area contributed by atoms with E-state index in [2.05, 4.69) is 42.0 Å². The highest BCUT2D eigenvalue weighted by atomic mass is 19.4. The molecule has 1 aromatic rings. The molecule has 3 fully saturated rings. The smallest absolute Gasteiger partial charge is 0.384 e. The summed E-state index contributed by atoms with van der Waals surface area (Å²) in [4.78, 5) is 27.0. The molecular formula is C30H48F3N5O3. The molecule has 8 nitrogen and oxygen atoms in total. The van der Waals surface area contributed by atoms with Gasteiger partial charge < -0.3 is 20.1 Å². The molecule has 41 heavy (non-hydrogen) atoms. The third-order valence-corrected chi connectivity index (χ3v) is 9.02. The number of ether oxygens (including phenoxy) is 1. The number of methoxy groups -OCH3 is 1. The Morgan fingerprint density at radius 1 is 1.07 bits per heavy atom. The number of aliphatic hydroxyl groups is 1. The van der Waals surface area contributed by atoms with Crippen LogP contribution >= 0.6 is 0 Å². The van der Waals surface area contributed by atoms with Crippen LogP contribution in [-0.4, -0.2) is 90.1 Å². The second-order valence-corrected chi connectivity index (χ2v) is 13.4. The SMILES string of the molecule is COCCc1cc(N2CCN(CCC3CCC(NC(=O)CC4CC(O)(C(F)(F)F)C4)CC3)CC2)nc(C(C)(C)C)n1. The highest BCUT2D eigenvalue weighted by molar-refractivity contribution is 5.76. The second kappa shape index (κ2) is 13.1. The summed E-state index contributed by atoms with van der Waals surface area (Å²) >= 11 is 0. The zero-order chi connectivity index (χ0) is 29.8. The van der Waals surface area contributed by atoms with Crippen molar-refractivity contribution in [2.24, 2.45) is 11.8 Å². The Morgan fingerprint density at radius 2 is 1.73 bits per heavy atom. The minimum atomic E-state index is -4.62. The summed E-state index contributed by atoms with van der Waals surface area (Å²) in [7, 11) is 1.71. The average Bonchev–Trinajstić information content (AvgIpc) is 2.89. The van der Waals surface area contributed by atoms with Crippen molar-refractivity contribution in [3.63, 3.8) is 0 Å². The lowest BCUT2D eigenvalue weighted by Gasteiger charge is -2.44. The number of piperazine rings is 1. The Morgan fingerprint density at radius 3 is 2.32 bits per heavy atom. The molecule has 3 aliphatic rings. The molecule has 2 aliphatic carbocycles. The molecule has 2 saturated carbocycles. The lowest BCUT2D eigenvalue weighted by Crippen LogP contribution is -2.56. The lowest BCUT2D eigenvalue weighted by molar-refractivity contribution is -0.298. The Hall–Kier alpha value is -1.98. The zero-order valence-corrected chi connectivity index (χ0v) is 25.1. The number of aromatic nitrogens is 2. The fourth-order valence-electron chi connectivity index (χ4n) is 6.30. The van der Waals surface area contributed by atoms with Gasteiger partial charge in [0, 0.05) is 69.3 Å². The molecule has 1 amide bonds. The van der Waals surface area contributed by atoms with Gasteiger partial charge in [0.05, 0.1) is 6.61 Å². The van der Waals surface area contributed by atoms with Crippen LogP contribution in [0, 0.1) is 11.8 Å². The van der Waals surface area contributed by atoms with Gasteiger partial charge in [0.1, 0.15) is 11.6 Å². The number of carbonyl (C=O) groups is 1. The van der Waals surface area contributed by atoms with Crippen molar-refractivity contribution in [2.45, 2.75) is 102 Å². The first kappa shape index (κ1) is 31.9. The first-order chi connectivity index (χ1) is 19.3. The predicted molar refractivity (Wildman–Crippen MR) is 152 cm³/mol. The molecule has 0 radical (unpaired) electrons. The van der Waals surface area contributed by atoms with E-state index in [1.165, 1.54) is 0 Å². The van der Waals surface area contributed by atoms with E-state index in [4.69, 9.17) is 14.7 Å². The van der Waals surface area contributed by atoms with Gasteiger partial charge in [-0.2, -0.15) is 13.2 Å². The van der Waals surface area contributed by atoms with Crippen LogP contribution in [0.3, 0.4) is 0 Å². The number of nitrogens with one attached hydrogen (secondary N) is 1. The molecule has 1 aromatic heterocycles. The van der Waals surface area contributed by atoms with Crippen LogP contribution in [-0.2, 0) is 21.4 Å². The number of hydrogen-bond acceptors (Lipinski definition) is 7. The minimum Gasteiger partial charge on any atom is -0.384 e. The van der Waals surface area contributed by atoms with Gasteiger partial charge in [0.25, 0.3) is 0 Å². The number of nitrogens with zero attached hydrogens (tertiary/aromatic N) is 4. The molecule has 1 aliphatic heterocycles. The summed E-state index contributed by atoms with van der Waals surface area (Å²) < 4.78 is 43.7. The zero-order valence-electron chi connectivity index (χ0n) is 25.1. The molecule has 0 atom stereocenters. The van der Waals surface area contributed by atoms with Crippen molar-refractivity contribution < 1.29 is 27.8 Å². The van der Waals surface area contributed by atoms with Crippen molar-refractivity contribution in [3.8, 4) is 0 Å². The number of amides is 1. The maximum atomic E-state index is 12.8. The average molecular weight is 584 g/mol. The van der Waals surface area contributed by atoms with Crippen molar-refractivity contribution in [3.05, 3.63) is 17.6 Å². The van der Waals surface area contributed by atoms with Crippen molar-refractivity contribution in [1.29, 1.82) is 0 Å². The third kappa shape index (κ3) is 8.54. The van der Waals surface area contributed by atoms with E-state index in [0.717, 1.165) is 88.6 Å². The highest BCUT2D eigenvalue weighted by Crippen LogP contribution is 2.49. The molecule has 0 spiro atoms. The van der Waals surface area contributed by atoms with Gasteiger partial charge in [0.2, 0.25) is 5.91 Å². The van der Waals surface area contributed by atoms with Crippen LogP contribution in [0.4, 0.5) is 19.0 Å². The number of carbonyl (C=O) groups excluding carboxylic acids is 1. The fourth-order valence-corrected chi connectivity index (χ4v) is 6.30. The van der Waals surface area contributed by atoms with Crippen molar-refractivity contribution >= 4 is 11.7 Å². The monoisotopic (exact) mass is 583 g/mol. The topological polar surface area (TPSA) is 90.8 Å². The van der Waals surface area contributed by atoms with E-state index in [9.17, 15) is 23.1 Å². The molecule has 11 heteroatoms. The van der Waals surface area contributed by atoms with Gasteiger partial charge in [-0.25, -0.2) is 9.97 Å². The van der Waals surface area contributed by atoms with E-state index in [1.54, 1.807) is 7.11 Å². The summed E-state index contributed by atoms with van der Waals surface area (Å²) in [5.74, 6) is 1.92. The minimum absolute atomic E-state index is 0.0608. The van der Waals surface area contributed by atoms with Crippen LogP contribution in [0.25, 0.3) is 0 Å². The molecule has 4 rings (SSSR count). The molecular weight excluding hydrogens is 535 g/mol. The van der Waals surface area contributed by atoms with Crippen LogP contribution in [0.15, 0.2) is 6.07 Å². The van der Waals surface area contributed by atoms with Crippen LogP contribution in [0.1, 0.15) is 83.7 Å². The maximum absolute atomic E-state index is 12.8. The number of hydrogen-bond donors (Lipinski definition) is 2. The predicted octanol–water partition coefficient (Wildman–Crippen LogP) is 4.24. The Bertz CT molecular complexity index is 1010. The maximum Gasteiger partial charge on any atom is 0.417 e. The van der Waals surface area contributed by atoms with Gasteiger partial charge in [-0.1, -0.05) is 20.8 Å². The van der Waals surface area contributed by atoms with E-state index in [-0.39, 0.29) is 36.6 Å². The quantitative estimate of drug-likeness (QED) is 0.426. The van der Waals surface area contributed by atoms with E-state index in [1.807, 2.05) is 0 Å². The van der Waals surface area contributed by atoms with E-state index >= 15 is 0 Å².